The lowest BCUT2D eigenvalue weighted by Crippen LogP contribution is -2.52. The maximum atomic E-state index is 12.0. The number of carbonyl (C=O) groups excluding carboxylic acids is 1. The lowest BCUT2D eigenvalue weighted by molar-refractivity contribution is -0.117. The van der Waals surface area contributed by atoms with E-state index in [0.717, 1.165) is 10.8 Å². The average molecular weight is 617 g/mol. The first-order valence-electron chi connectivity index (χ1n) is 13.8. The number of methoxy groups -OCH3 is 2. The number of hydrogen-bond acceptors (Lipinski definition) is 9. The Labute approximate surface area is 255 Å². The highest BCUT2D eigenvalue weighted by atomic mass is 35.5. The van der Waals surface area contributed by atoms with Gasteiger partial charge < -0.3 is 34.9 Å². The van der Waals surface area contributed by atoms with Gasteiger partial charge >= 0.3 is 0 Å². The van der Waals surface area contributed by atoms with Gasteiger partial charge in [0.05, 0.1) is 54.3 Å². The van der Waals surface area contributed by atoms with Crippen molar-refractivity contribution in [3.05, 3.63) is 47.1 Å². The minimum absolute atomic E-state index is 0.140. The summed E-state index contributed by atoms with van der Waals surface area (Å²) in [6, 6.07) is 5.15. The summed E-state index contributed by atoms with van der Waals surface area (Å²) in [5.74, 6) is 1.93. The Morgan fingerprint density at radius 2 is 1.86 bits per heavy atom. The topological polar surface area (TPSA) is 118 Å². The zero-order valence-corrected chi connectivity index (χ0v) is 25.4. The minimum Gasteiger partial charge on any atom is -0.495 e. The zero-order chi connectivity index (χ0) is 30.0. The van der Waals surface area contributed by atoms with Gasteiger partial charge in [0.25, 0.3) is 0 Å². The van der Waals surface area contributed by atoms with E-state index in [-0.39, 0.29) is 18.0 Å². The number of nitrogens with one attached hydrogen (secondary N) is 2. The Hall–Kier alpha value is -3.31. The summed E-state index contributed by atoms with van der Waals surface area (Å²) in [6.07, 6.45) is 4.89. The smallest absolute Gasteiger partial charge is 0.243 e. The van der Waals surface area contributed by atoms with Crippen LogP contribution in [0.5, 0.6) is 11.5 Å². The Bertz CT molecular complexity index is 1460. The Morgan fingerprint density at radius 3 is 2.50 bits per heavy atom. The van der Waals surface area contributed by atoms with Crippen LogP contribution in [0.3, 0.4) is 0 Å². The van der Waals surface area contributed by atoms with Crippen molar-refractivity contribution in [3.8, 4) is 22.8 Å². The van der Waals surface area contributed by atoms with Gasteiger partial charge in [-0.05, 0) is 44.4 Å². The van der Waals surface area contributed by atoms with Crippen LogP contribution in [-0.4, -0.2) is 79.2 Å². The van der Waals surface area contributed by atoms with Crippen molar-refractivity contribution < 1.29 is 24.1 Å². The van der Waals surface area contributed by atoms with Crippen LogP contribution in [0.2, 0.25) is 10.0 Å². The van der Waals surface area contributed by atoms with E-state index < -0.39 is 5.60 Å². The molecule has 3 N–H and O–H groups in total. The highest BCUT2D eigenvalue weighted by Gasteiger charge is 2.31. The largest absolute Gasteiger partial charge is 0.495 e. The first kappa shape index (κ1) is 30.2. The molecule has 0 saturated carbocycles. The first-order valence-corrected chi connectivity index (χ1v) is 14.6. The second-order valence-electron chi connectivity index (χ2n) is 10.8. The standard InChI is InChI=1S/C30H35Cl2N5O5/c1-5-25(38)35-19-6-11-42-16-21(19)34-24-13-18-17(15-33-24)12-20(36-29(18)37-9-7-30(2,39)8-10-37)26-27(31)22(40-3)14-23(41-4)28(26)32/h5,12-15,19,21,39H,1,6-11,16H2,2-4H3,(H,33,34)(H,35,38)/t19-,21+/m0/s1. The van der Waals surface area contributed by atoms with Gasteiger partial charge in [-0.25, -0.2) is 9.97 Å². The predicted octanol–water partition coefficient (Wildman–Crippen LogP) is 4.84. The van der Waals surface area contributed by atoms with E-state index in [4.69, 9.17) is 42.4 Å². The summed E-state index contributed by atoms with van der Waals surface area (Å²) < 4.78 is 16.7. The summed E-state index contributed by atoms with van der Waals surface area (Å²) in [6.45, 7) is 7.61. The summed E-state index contributed by atoms with van der Waals surface area (Å²) in [7, 11) is 3.06. The molecule has 10 nitrogen and oxygen atoms in total. The number of carbonyl (C=O) groups is 1. The number of anilines is 2. The molecule has 1 amide bonds. The number of rotatable bonds is 8. The van der Waals surface area contributed by atoms with Crippen molar-refractivity contribution in [2.24, 2.45) is 0 Å². The van der Waals surface area contributed by atoms with Crippen LogP contribution in [0.15, 0.2) is 37.1 Å². The molecule has 4 heterocycles. The maximum absolute atomic E-state index is 12.0. The van der Waals surface area contributed by atoms with Crippen molar-refractivity contribution in [1.29, 1.82) is 0 Å². The predicted molar refractivity (Wildman–Crippen MR) is 165 cm³/mol. The zero-order valence-electron chi connectivity index (χ0n) is 23.9. The maximum Gasteiger partial charge on any atom is 0.243 e. The first-order chi connectivity index (χ1) is 20.1. The molecular weight excluding hydrogens is 581 g/mol. The number of pyridine rings is 2. The van der Waals surface area contributed by atoms with E-state index in [1.807, 2.05) is 19.1 Å². The third-order valence-corrected chi connectivity index (χ3v) is 8.62. The van der Waals surface area contributed by atoms with Gasteiger partial charge in [-0.3, -0.25) is 4.79 Å². The molecule has 2 atom stereocenters. The monoisotopic (exact) mass is 615 g/mol. The molecule has 0 unspecified atom stereocenters. The molecule has 224 valence electrons. The molecule has 2 aliphatic rings. The molecule has 0 bridgehead atoms. The van der Waals surface area contributed by atoms with Crippen molar-refractivity contribution in [3.63, 3.8) is 0 Å². The highest BCUT2D eigenvalue weighted by molar-refractivity contribution is 6.41. The van der Waals surface area contributed by atoms with Gasteiger partial charge in [0.15, 0.2) is 0 Å². The van der Waals surface area contributed by atoms with Crippen molar-refractivity contribution in [2.45, 2.75) is 43.9 Å². The molecule has 5 rings (SSSR count). The molecule has 2 aromatic heterocycles. The number of hydrogen-bond donors (Lipinski definition) is 3. The molecule has 0 aliphatic carbocycles. The molecule has 2 aliphatic heterocycles. The van der Waals surface area contributed by atoms with Crippen molar-refractivity contribution >= 4 is 51.5 Å². The van der Waals surface area contributed by atoms with Crippen LogP contribution < -0.4 is 25.0 Å². The summed E-state index contributed by atoms with van der Waals surface area (Å²) in [5, 5.41) is 19.4. The fourth-order valence-corrected chi connectivity index (χ4v) is 6.07. The SMILES string of the molecule is C=CC(=O)N[C@H]1CCOC[C@H]1Nc1cc2c(N3CCC(C)(O)CC3)nc(-c3c(Cl)c(OC)cc(OC)c3Cl)cc2cn1. The van der Waals surface area contributed by atoms with E-state index in [1.165, 1.54) is 20.3 Å². The summed E-state index contributed by atoms with van der Waals surface area (Å²) >= 11 is 13.5. The number of halogens is 2. The van der Waals surface area contributed by atoms with E-state index in [1.54, 1.807) is 12.3 Å². The quantitative estimate of drug-likeness (QED) is 0.306. The van der Waals surface area contributed by atoms with Crippen molar-refractivity contribution in [2.75, 3.05) is 50.7 Å². The molecule has 3 aromatic rings. The number of benzene rings is 1. The number of fused-ring (bicyclic) bond motifs is 1. The number of amides is 1. The molecule has 12 heteroatoms. The number of piperidine rings is 1. The molecule has 0 radical (unpaired) electrons. The summed E-state index contributed by atoms with van der Waals surface area (Å²) in [5.41, 5.74) is 0.290. The molecule has 42 heavy (non-hydrogen) atoms. The molecule has 1 aromatic carbocycles. The van der Waals surface area contributed by atoms with Crippen LogP contribution in [0, 0.1) is 0 Å². The Morgan fingerprint density at radius 1 is 1.17 bits per heavy atom. The Kier molecular flexibility index (Phi) is 8.98. The lowest BCUT2D eigenvalue weighted by atomic mass is 9.93. The van der Waals surface area contributed by atoms with E-state index in [2.05, 4.69) is 27.1 Å². The molecular formula is C30H35Cl2N5O5. The van der Waals surface area contributed by atoms with Crippen LogP contribution in [-0.2, 0) is 9.53 Å². The average Bonchev–Trinajstić information content (AvgIpc) is 2.98. The lowest BCUT2D eigenvalue weighted by Gasteiger charge is -2.37. The van der Waals surface area contributed by atoms with E-state index >= 15 is 0 Å². The van der Waals surface area contributed by atoms with Crippen LogP contribution >= 0.6 is 23.2 Å². The van der Waals surface area contributed by atoms with Gasteiger partial charge in [-0.2, -0.15) is 0 Å². The van der Waals surface area contributed by atoms with E-state index in [0.29, 0.717) is 90.0 Å². The van der Waals surface area contributed by atoms with Gasteiger partial charge in [0.1, 0.15) is 23.1 Å². The van der Waals surface area contributed by atoms with E-state index in [9.17, 15) is 9.90 Å². The third kappa shape index (κ3) is 6.22. The van der Waals surface area contributed by atoms with Crippen molar-refractivity contribution in [1.82, 2.24) is 15.3 Å². The fourth-order valence-electron chi connectivity index (χ4n) is 5.37. The molecule has 2 fully saturated rings. The molecule has 0 spiro atoms. The second-order valence-corrected chi connectivity index (χ2v) is 11.6. The molecule has 2 saturated heterocycles. The van der Waals surface area contributed by atoms with Gasteiger partial charge in [-0.1, -0.05) is 29.8 Å². The normalized spacial score (nSPS) is 20.2. The third-order valence-electron chi connectivity index (χ3n) is 7.87. The Balaban J connectivity index is 1.60. The van der Waals surface area contributed by atoms with Crippen LogP contribution in [0.1, 0.15) is 26.2 Å². The number of aromatic nitrogens is 2. The number of nitrogens with zero attached hydrogens (tertiary/aromatic N) is 3. The fraction of sp³-hybridized carbons (Fsp3) is 0.433. The van der Waals surface area contributed by atoms with Gasteiger partial charge in [0, 0.05) is 48.3 Å². The summed E-state index contributed by atoms with van der Waals surface area (Å²) in [4.78, 5) is 23.9. The van der Waals surface area contributed by atoms with Gasteiger partial charge in [0.2, 0.25) is 5.91 Å². The van der Waals surface area contributed by atoms with Crippen LogP contribution in [0.25, 0.3) is 22.0 Å². The minimum atomic E-state index is -0.739. The number of ether oxygens (including phenoxy) is 3. The van der Waals surface area contributed by atoms with Gasteiger partial charge in [-0.15, -0.1) is 0 Å². The second kappa shape index (κ2) is 12.5. The highest BCUT2D eigenvalue weighted by Crippen LogP contribution is 2.46. The van der Waals surface area contributed by atoms with Crippen LogP contribution in [0.4, 0.5) is 11.6 Å². The number of aliphatic hydroxyl groups is 1.